The second-order valence-corrected chi connectivity index (χ2v) is 5.69. The first-order valence-corrected chi connectivity index (χ1v) is 7.60. The highest BCUT2D eigenvalue weighted by molar-refractivity contribution is 6.02. The van der Waals surface area contributed by atoms with E-state index < -0.39 is 5.41 Å². The second kappa shape index (κ2) is 6.12. The fraction of sp³-hybridized carbons (Fsp3) is 0.222. The molecule has 0 heterocycles. The summed E-state index contributed by atoms with van der Waals surface area (Å²) < 4.78 is 0. The van der Waals surface area contributed by atoms with E-state index in [1.807, 2.05) is 36.4 Å². The first-order valence-electron chi connectivity index (χ1n) is 7.60. The van der Waals surface area contributed by atoms with Crippen molar-refractivity contribution in [1.82, 2.24) is 5.32 Å². The van der Waals surface area contributed by atoms with E-state index in [2.05, 4.69) is 16.0 Å². The highest BCUT2D eigenvalue weighted by Gasteiger charge is 2.51. The maximum Gasteiger partial charge on any atom is 0.318 e. The fourth-order valence-corrected chi connectivity index (χ4v) is 2.65. The number of benzene rings is 2. The lowest BCUT2D eigenvalue weighted by Gasteiger charge is -2.16. The Balaban J connectivity index is 1.74. The van der Waals surface area contributed by atoms with E-state index in [4.69, 9.17) is 0 Å². The Morgan fingerprint density at radius 3 is 2.17 bits per heavy atom. The molecule has 0 spiro atoms. The van der Waals surface area contributed by atoms with Crippen LogP contribution in [0.1, 0.15) is 18.4 Å². The minimum absolute atomic E-state index is 0.000734. The van der Waals surface area contributed by atoms with Gasteiger partial charge < -0.3 is 16.0 Å². The molecule has 1 aliphatic rings. The minimum atomic E-state index is -0.411. The molecule has 2 aromatic carbocycles. The molecule has 3 amide bonds. The van der Waals surface area contributed by atoms with Gasteiger partial charge in [-0.15, -0.1) is 0 Å². The molecule has 0 unspecified atom stereocenters. The van der Waals surface area contributed by atoms with Gasteiger partial charge in [-0.25, -0.2) is 4.79 Å². The van der Waals surface area contributed by atoms with Crippen LogP contribution < -0.4 is 16.0 Å². The first kappa shape index (κ1) is 15.1. The van der Waals surface area contributed by atoms with E-state index in [9.17, 15) is 9.59 Å². The Labute approximate surface area is 135 Å². The SMILES string of the molecule is CNC(=O)Nc1cccc(NC(=O)C2(c3ccccc3)CC2)c1. The average molecular weight is 309 g/mol. The standard InChI is InChI=1S/C18H19N3O2/c1-19-17(23)21-15-9-5-8-14(12-15)20-16(22)18(10-11-18)13-6-3-2-4-7-13/h2-9,12H,10-11H2,1H3,(H,20,22)(H2,19,21,23). The van der Waals surface area contributed by atoms with Gasteiger partial charge in [-0.2, -0.15) is 0 Å². The molecular formula is C18H19N3O2. The van der Waals surface area contributed by atoms with Crippen molar-refractivity contribution >= 4 is 23.3 Å². The third-order valence-corrected chi connectivity index (χ3v) is 4.12. The van der Waals surface area contributed by atoms with Crippen LogP contribution in [0, 0.1) is 0 Å². The number of anilines is 2. The van der Waals surface area contributed by atoms with Crippen molar-refractivity contribution in [2.75, 3.05) is 17.7 Å². The quantitative estimate of drug-likeness (QED) is 0.812. The van der Waals surface area contributed by atoms with Crippen molar-refractivity contribution < 1.29 is 9.59 Å². The summed E-state index contributed by atoms with van der Waals surface area (Å²) in [6.07, 6.45) is 1.72. The molecule has 0 bridgehead atoms. The third-order valence-electron chi connectivity index (χ3n) is 4.12. The molecule has 3 N–H and O–H groups in total. The molecule has 0 aliphatic heterocycles. The van der Waals surface area contributed by atoms with Gasteiger partial charge in [0.05, 0.1) is 5.41 Å². The minimum Gasteiger partial charge on any atom is -0.341 e. The van der Waals surface area contributed by atoms with Crippen molar-refractivity contribution in [2.24, 2.45) is 0 Å². The third kappa shape index (κ3) is 3.18. The van der Waals surface area contributed by atoms with Crippen molar-refractivity contribution in [3.05, 3.63) is 60.2 Å². The zero-order valence-corrected chi connectivity index (χ0v) is 12.9. The number of hydrogen-bond acceptors (Lipinski definition) is 2. The molecule has 23 heavy (non-hydrogen) atoms. The number of nitrogens with one attached hydrogen (secondary N) is 3. The number of rotatable bonds is 4. The number of hydrogen-bond donors (Lipinski definition) is 3. The molecule has 1 fully saturated rings. The molecule has 5 heteroatoms. The van der Waals surface area contributed by atoms with E-state index >= 15 is 0 Å². The maximum atomic E-state index is 12.7. The summed E-state index contributed by atoms with van der Waals surface area (Å²) in [6.45, 7) is 0. The van der Waals surface area contributed by atoms with Gasteiger partial charge in [0.15, 0.2) is 0 Å². The van der Waals surface area contributed by atoms with Crippen LogP contribution in [0.25, 0.3) is 0 Å². The molecule has 1 aliphatic carbocycles. The Hall–Kier alpha value is -2.82. The maximum absolute atomic E-state index is 12.7. The van der Waals surface area contributed by atoms with Gasteiger partial charge in [0, 0.05) is 18.4 Å². The monoisotopic (exact) mass is 309 g/mol. The Bertz CT molecular complexity index is 724. The molecule has 0 atom stereocenters. The summed E-state index contributed by atoms with van der Waals surface area (Å²) in [6, 6.07) is 16.7. The van der Waals surface area contributed by atoms with E-state index in [0.29, 0.717) is 11.4 Å². The van der Waals surface area contributed by atoms with Crippen LogP contribution >= 0.6 is 0 Å². The number of carbonyl (C=O) groups is 2. The summed E-state index contributed by atoms with van der Waals surface area (Å²) in [5, 5.41) is 8.15. The predicted molar refractivity (Wildman–Crippen MR) is 90.5 cm³/mol. The molecule has 1 saturated carbocycles. The topological polar surface area (TPSA) is 70.2 Å². The second-order valence-electron chi connectivity index (χ2n) is 5.69. The van der Waals surface area contributed by atoms with Gasteiger partial charge in [-0.3, -0.25) is 4.79 Å². The van der Waals surface area contributed by atoms with Crippen LogP contribution in [0.3, 0.4) is 0 Å². The molecule has 118 valence electrons. The predicted octanol–water partition coefficient (Wildman–Crippen LogP) is 3.11. The fourth-order valence-electron chi connectivity index (χ4n) is 2.65. The number of urea groups is 1. The lowest BCUT2D eigenvalue weighted by atomic mass is 9.95. The zero-order valence-electron chi connectivity index (χ0n) is 12.9. The van der Waals surface area contributed by atoms with E-state index in [0.717, 1.165) is 18.4 Å². The average Bonchev–Trinajstić information content (AvgIpc) is 3.38. The highest BCUT2D eigenvalue weighted by atomic mass is 16.2. The molecule has 5 nitrogen and oxygen atoms in total. The van der Waals surface area contributed by atoms with Crippen LogP contribution in [0.15, 0.2) is 54.6 Å². The van der Waals surface area contributed by atoms with Crippen LogP contribution in [-0.2, 0) is 10.2 Å². The van der Waals surface area contributed by atoms with Crippen LogP contribution in [-0.4, -0.2) is 19.0 Å². The van der Waals surface area contributed by atoms with E-state index in [-0.39, 0.29) is 11.9 Å². The van der Waals surface area contributed by atoms with Crippen molar-refractivity contribution in [3.63, 3.8) is 0 Å². The smallest absolute Gasteiger partial charge is 0.318 e. The van der Waals surface area contributed by atoms with E-state index in [1.54, 1.807) is 25.2 Å². The summed E-state index contributed by atoms with van der Waals surface area (Å²) in [5.41, 5.74) is 1.95. The highest BCUT2D eigenvalue weighted by Crippen LogP contribution is 2.48. The number of carbonyl (C=O) groups excluding carboxylic acids is 2. The normalized spacial score (nSPS) is 14.7. The molecule has 0 aromatic heterocycles. The summed E-state index contributed by atoms with van der Waals surface area (Å²) >= 11 is 0. The van der Waals surface area contributed by atoms with Gasteiger partial charge in [-0.1, -0.05) is 36.4 Å². The summed E-state index contributed by atoms with van der Waals surface area (Å²) in [4.78, 5) is 24.0. The molecule has 3 rings (SSSR count). The van der Waals surface area contributed by atoms with Crippen molar-refractivity contribution in [3.8, 4) is 0 Å². The van der Waals surface area contributed by atoms with Crippen molar-refractivity contribution in [2.45, 2.75) is 18.3 Å². The Morgan fingerprint density at radius 1 is 0.913 bits per heavy atom. The largest absolute Gasteiger partial charge is 0.341 e. The van der Waals surface area contributed by atoms with Gasteiger partial charge in [0.2, 0.25) is 5.91 Å². The zero-order chi connectivity index (χ0) is 16.3. The van der Waals surface area contributed by atoms with Gasteiger partial charge in [0.25, 0.3) is 0 Å². The van der Waals surface area contributed by atoms with Crippen molar-refractivity contribution in [1.29, 1.82) is 0 Å². The summed E-state index contributed by atoms with van der Waals surface area (Å²) in [7, 11) is 1.55. The van der Waals surface area contributed by atoms with Crippen LogP contribution in [0.4, 0.5) is 16.2 Å². The van der Waals surface area contributed by atoms with Crippen LogP contribution in [0.5, 0.6) is 0 Å². The molecular weight excluding hydrogens is 290 g/mol. The summed E-state index contributed by atoms with van der Waals surface area (Å²) in [5.74, 6) is 0.000734. The van der Waals surface area contributed by atoms with Gasteiger partial charge >= 0.3 is 6.03 Å². The van der Waals surface area contributed by atoms with Gasteiger partial charge in [-0.05, 0) is 36.6 Å². The Morgan fingerprint density at radius 2 is 1.57 bits per heavy atom. The van der Waals surface area contributed by atoms with Gasteiger partial charge in [0.1, 0.15) is 0 Å². The first-order chi connectivity index (χ1) is 11.1. The number of amides is 3. The molecule has 0 saturated heterocycles. The lowest BCUT2D eigenvalue weighted by Crippen LogP contribution is -2.28. The molecule has 2 aromatic rings. The van der Waals surface area contributed by atoms with E-state index in [1.165, 1.54) is 0 Å². The lowest BCUT2D eigenvalue weighted by molar-refractivity contribution is -0.118. The Kier molecular flexibility index (Phi) is 4.02. The molecule has 0 radical (unpaired) electrons. The van der Waals surface area contributed by atoms with Crippen LogP contribution in [0.2, 0.25) is 0 Å².